The van der Waals surface area contributed by atoms with E-state index in [4.69, 9.17) is 9.73 Å². The lowest BCUT2D eigenvalue weighted by Crippen LogP contribution is -2.48. The number of hydrogen-bond acceptors (Lipinski definition) is 5. The minimum atomic E-state index is 0.258. The van der Waals surface area contributed by atoms with Crippen LogP contribution >= 0.6 is 11.3 Å². The Morgan fingerprint density at radius 1 is 1.32 bits per heavy atom. The van der Waals surface area contributed by atoms with Crippen LogP contribution in [0.25, 0.3) is 0 Å². The van der Waals surface area contributed by atoms with E-state index >= 15 is 0 Å². The maximum Gasteiger partial charge on any atom is 0.191 e. The van der Waals surface area contributed by atoms with Crippen molar-refractivity contribution < 1.29 is 9.84 Å². The molecule has 0 amide bonds. The van der Waals surface area contributed by atoms with Gasteiger partial charge in [-0.05, 0) is 55.3 Å². The summed E-state index contributed by atoms with van der Waals surface area (Å²) in [5.41, 5.74) is 0.879. The molecule has 3 N–H and O–H groups in total. The number of phenols is 1. The average Bonchev–Trinajstić information content (AvgIpc) is 3.24. The highest BCUT2D eigenvalue weighted by atomic mass is 32.1. The number of piperidine rings is 1. The Morgan fingerprint density at radius 2 is 2.14 bits per heavy atom. The summed E-state index contributed by atoms with van der Waals surface area (Å²) in [5.74, 6) is 1.77. The quantitative estimate of drug-likeness (QED) is 0.490. The predicted molar refractivity (Wildman–Crippen MR) is 117 cm³/mol. The Balaban J connectivity index is 1.50. The van der Waals surface area contributed by atoms with Crippen LogP contribution in [0.4, 0.5) is 5.00 Å². The summed E-state index contributed by atoms with van der Waals surface area (Å²) in [6.07, 6.45) is 2.88. The first-order chi connectivity index (χ1) is 13.7. The fraction of sp³-hybridized carbons (Fsp3) is 0.476. The lowest BCUT2D eigenvalue weighted by molar-refractivity contribution is 0.406. The van der Waals surface area contributed by atoms with Gasteiger partial charge in [-0.25, -0.2) is 0 Å². The molecule has 152 valence electrons. The van der Waals surface area contributed by atoms with E-state index in [0.717, 1.165) is 44.0 Å². The number of rotatable bonds is 7. The molecule has 0 radical (unpaired) electrons. The molecule has 0 aliphatic carbocycles. The topological polar surface area (TPSA) is 69.1 Å². The third-order valence-electron chi connectivity index (χ3n) is 4.94. The van der Waals surface area contributed by atoms with Crippen LogP contribution in [0, 0.1) is 0 Å². The zero-order valence-electron chi connectivity index (χ0n) is 16.6. The van der Waals surface area contributed by atoms with E-state index in [1.54, 1.807) is 24.5 Å². The number of nitrogens with zero attached hydrogens (tertiary/aromatic N) is 2. The molecule has 0 unspecified atom stereocenters. The molecule has 1 saturated heterocycles. The van der Waals surface area contributed by atoms with Gasteiger partial charge < -0.3 is 25.4 Å². The number of benzene rings is 1. The molecule has 1 aromatic carbocycles. The van der Waals surface area contributed by atoms with E-state index in [1.165, 1.54) is 5.00 Å². The maximum atomic E-state index is 10.1. The Hall–Kier alpha value is -2.41. The number of guanidine groups is 1. The summed E-state index contributed by atoms with van der Waals surface area (Å²) < 4.78 is 5.13. The van der Waals surface area contributed by atoms with Gasteiger partial charge in [0.1, 0.15) is 11.5 Å². The van der Waals surface area contributed by atoms with Gasteiger partial charge in [0.25, 0.3) is 0 Å². The van der Waals surface area contributed by atoms with Gasteiger partial charge in [0.2, 0.25) is 0 Å². The van der Waals surface area contributed by atoms with Gasteiger partial charge in [-0.1, -0.05) is 6.07 Å². The van der Waals surface area contributed by atoms with E-state index in [2.05, 4.69) is 40.0 Å². The number of thiophene rings is 1. The van der Waals surface area contributed by atoms with E-state index in [0.29, 0.717) is 24.8 Å². The smallest absolute Gasteiger partial charge is 0.191 e. The van der Waals surface area contributed by atoms with Crippen LogP contribution < -0.4 is 20.3 Å². The number of phenolic OH excluding ortho intramolecular Hbond substituents is 1. The number of aromatic hydroxyl groups is 1. The second kappa shape index (κ2) is 10.2. The minimum absolute atomic E-state index is 0.258. The van der Waals surface area contributed by atoms with Crippen molar-refractivity contribution in [1.82, 2.24) is 10.6 Å². The van der Waals surface area contributed by atoms with Gasteiger partial charge in [-0.2, -0.15) is 0 Å². The van der Waals surface area contributed by atoms with Crippen molar-refractivity contribution in [2.45, 2.75) is 32.2 Å². The Kier molecular flexibility index (Phi) is 7.42. The summed E-state index contributed by atoms with van der Waals surface area (Å²) in [5, 5.41) is 20.5. The summed E-state index contributed by atoms with van der Waals surface area (Å²) in [6, 6.07) is 10.1. The van der Waals surface area contributed by atoms with Crippen molar-refractivity contribution in [3.8, 4) is 11.5 Å². The van der Waals surface area contributed by atoms with Gasteiger partial charge in [-0.3, -0.25) is 4.99 Å². The number of nitrogens with one attached hydrogen (secondary N) is 2. The minimum Gasteiger partial charge on any atom is -0.508 e. The summed E-state index contributed by atoms with van der Waals surface area (Å²) in [4.78, 5) is 7.15. The molecule has 1 aliphatic rings. The largest absolute Gasteiger partial charge is 0.508 e. The van der Waals surface area contributed by atoms with Crippen LogP contribution in [0.5, 0.6) is 11.5 Å². The standard InChI is InChI=1S/C21H30N4O2S/c1-3-22-21(23-11-8-16-6-7-18(27-2)15-19(16)26)24-17-9-12-25(13-10-17)20-5-4-14-28-20/h4-7,14-15,17,26H,3,8-13H2,1-2H3,(H2,22,23,24). The fourth-order valence-electron chi connectivity index (χ4n) is 3.38. The zero-order chi connectivity index (χ0) is 19.8. The highest BCUT2D eigenvalue weighted by Gasteiger charge is 2.20. The molecule has 3 rings (SSSR count). The second-order valence-electron chi connectivity index (χ2n) is 6.86. The van der Waals surface area contributed by atoms with Crippen molar-refractivity contribution in [2.24, 2.45) is 4.99 Å². The lowest BCUT2D eigenvalue weighted by atomic mass is 10.1. The molecule has 0 spiro atoms. The monoisotopic (exact) mass is 402 g/mol. The molecule has 2 aromatic rings. The van der Waals surface area contributed by atoms with Crippen LogP contribution in [0.1, 0.15) is 25.3 Å². The highest BCUT2D eigenvalue weighted by Crippen LogP contribution is 2.25. The zero-order valence-corrected chi connectivity index (χ0v) is 17.5. The summed E-state index contributed by atoms with van der Waals surface area (Å²) in [6.45, 7) is 5.65. The molecular weight excluding hydrogens is 372 g/mol. The van der Waals surface area contributed by atoms with Gasteiger partial charge >= 0.3 is 0 Å². The van der Waals surface area contributed by atoms with E-state index < -0.39 is 0 Å². The summed E-state index contributed by atoms with van der Waals surface area (Å²) >= 11 is 1.81. The molecular formula is C21H30N4O2S. The molecule has 1 fully saturated rings. The number of aliphatic imine (C=N–C) groups is 1. The molecule has 28 heavy (non-hydrogen) atoms. The van der Waals surface area contributed by atoms with Crippen molar-refractivity contribution in [3.63, 3.8) is 0 Å². The van der Waals surface area contributed by atoms with Gasteiger partial charge in [0.15, 0.2) is 5.96 Å². The summed E-state index contributed by atoms with van der Waals surface area (Å²) in [7, 11) is 1.60. The Bertz CT molecular complexity index is 756. The highest BCUT2D eigenvalue weighted by molar-refractivity contribution is 7.14. The maximum absolute atomic E-state index is 10.1. The number of anilines is 1. The third-order valence-corrected chi connectivity index (χ3v) is 5.87. The first-order valence-electron chi connectivity index (χ1n) is 9.88. The van der Waals surface area contributed by atoms with Crippen LogP contribution in [0.15, 0.2) is 40.7 Å². The number of methoxy groups -OCH3 is 1. The average molecular weight is 403 g/mol. The van der Waals surface area contributed by atoms with Crippen LogP contribution in [-0.2, 0) is 6.42 Å². The van der Waals surface area contributed by atoms with Crippen LogP contribution in [-0.4, -0.2) is 50.4 Å². The molecule has 6 nitrogen and oxygen atoms in total. The van der Waals surface area contributed by atoms with Crippen molar-refractivity contribution in [2.75, 3.05) is 38.2 Å². The van der Waals surface area contributed by atoms with Crippen molar-refractivity contribution in [1.29, 1.82) is 0 Å². The van der Waals surface area contributed by atoms with E-state index in [-0.39, 0.29) is 5.75 Å². The van der Waals surface area contributed by atoms with Crippen LogP contribution in [0.2, 0.25) is 0 Å². The first-order valence-corrected chi connectivity index (χ1v) is 10.8. The van der Waals surface area contributed by atoms with E-state index in [1.807, 2.05) is 12.1 Å². The predicted octanol–water partition coefficient (Wildman–Crippen LogP) is 3.23. The Labute approximate surface area is 171 Å². The SMILES string of the molecule is CCNC(=NCCc1ccc(OC)cc1O)NC1CCN(c2cccs2)CC1. The third kappa shape index (κ3) is 5.55. The van der Waals surface area contributed by atoms with Gasteiger partial charge in [0, 0.05) is 38.3 Å². The normalized spacial score (nSPS) is 15.5. The van der Waals surface area contributed by atoms with Crippen LogP contribution in [0.3, 0.4) is 0 Å². The van der Waals surface area contributed by atoms with Crippen molar-refractivity contribution >= 4 is 22.3 Å². The molecule has 0 saturated carbocycles. The molecule has 2 heterocycles. The van der Waals surface area contributed by atoms with E-state index in [9.17, 15) is 5.11 Å². The molecule has 0 bridgehead atoms. The van der Waals surface area contributed by atoms with Gasteiger partial charge in [-0.15, -0.1) is 11.3 Å². The number of hydrogen-bond donors (Lipinski definition) is 3. The molecule has 0 atom stereocenters. The van der Waals surface area contributed by atoms with Crippen molar-refractivity contribution in [3.05, 3.63) is 41.3 Å². The Morgan fingerprint density at radius 3 is 2.79 bits per heavy atom. The fourth-order valence-corrected chi connectivity index (χ4v) is 4.16. The second-order valence-corrected chi connectivity index (χ2v) is 7.79. The number of ether oxygens (including phenoxy) is 1. The first kappa shape index (κ1) is 20.3. The lowest BCUT2D eigenvalue weighted by Gasteiger charge is -2.33. The molecule has 7 heteroatoms. The molecule has 1 aromatic heterocycles. The van der Waals surface area contributed by atoms with Gasteiger partial charge in [0.05, 0.1) is 12.1 Å². The molecule has 1 aliphatic heterocycles.